The van der Waals surface area contributed by atoms with Crippen LogP contribution >= 0.6 is 0 Å². The molecule has 49 heavy (non-hydrogen) atoms. The maximum atomic E-state index is 13.8. The number of hydrogen-bond donors (Lipinski definition) is 3. The summed E-state index contributed by atoms with van der Waals surface area (Å²) in [6.45, 7) is 7.99. The summed E-state index contributed by atoms with van der Waals surface area (Å²) in [4.78, 5) is 43.0. The lowest BCUT2D eigenvalue weighted by Gasteiger charge is -2.50. The molecule has 2 saturated heterocycles. The summed E-state index contributed by atoms with van der Waals surface area (Å²) in [6.07, 6.45) is 10.3. The monoisotopic (exact) mass is 664 g/mol. The van der Waals surface area contributed by atoms with Gasteiger partial charge >= 0.3 is 0 Å². The predicted molar refractivity (Wildman–Crippen MR) is 189 cm³/mol. The minimum Gasteiger partial charge on any atom is -0.392 e. The third-order valence-corrected chi connectivity index (χ3v) is 10.9. The van der Waals surface area contributed by atoms with E-state index >= 15 is 0 Å². The van der Waals surface area contributed by atoms with Crippen LogP contribution in [0.1, 0.15) is 51.5 Å². The van der Waals surface area contributed by atoms with Gasteiger partial charge in [0.15, 0.2) is 0 Å². The molecule has 2 aliphatic carbocycles. The Hall–Kier alpha value is -4.52. The van der Waals surface area contributed by atoms with Crippen molar-refractivity contribution in [3.63, 3.8) is 0 Å². The van der Waals surface area contributed by atoms with E-state index in [0.717, 1.165) is 62.5 Å². The average Bonchev–Trinajstić information content (AvgIpc) is 3.47. The Kier molecular flexibility index (Phi) is 8.25. The van der Waals surface area contributed by atoms with Gasteiger partial charge in [0.25, 0.3) is 11.5 Å². The molecule has 5 aliphatic rings. The molecule has 0 aromatic carbocycles. The highest BCUT2D eigenvalue weighted by molar-refractivity contribution is 6.08. The molecule has 12 nitrogen and oxygen atoms in total. The number of hydrogen-bond acceptors (Lipinski definition) is 10. The van der Waals surface area contributed by atoms with Gasteiger partial charge in [0.1, 0.15) is 17.3 Å². The number of pyridine rings is 3. The predicted octanol–water partition coefficient (Wildman–Crippen LogP) is 3.80. The van der Waals surface area contributed by atoms with Crippen molar-refractivity contribution in [3.05, 3.63) is 81.2 Å². The number of aliphatic hydroxyl groups excluding tert-OH is 1. The van der Waals surface area contributed by atoms with Crippen molar-refractivity contribution in [2.45, 2.75) is 70.7 Å². The SMILES string of the molecule is C[C@@H]1CN(c2ccc(Nc3cc(-c4ccnc(N5CNC6=C(CC7=C6CCCC7)C5=O)c4CO)cn(C)c3=O)nc2)[C@@H](C)CN1C1COC1. The van der Waals surface area contributed by atoms with Crippen LogP contribution in [0.25, 0.3) is 11.1 Å². The van der Waals surface area contributed by atoms with E-state index in [1.807, 2.05) is 18.3 Å². The Bertz CT molecular complexity index is 1910. The standard InChI is InChI=1S/C37H44N8O4/c1-22-16-44(27-19-49-20-27)23(2)15-43(22)26-8-9-33(39-14-26)41-32-13-25(17-42(3)37(32)48)28-10-11-38-35(31(28)18-46)45-21-40-34-29-7-5-4-6-24(29)12-30(34)36(45)47/h8-11,13-14,17,22-23,27,40,46H,4-7,12,15-16,18-21H2,1-3H3,(H,39,41)/t22-,23+/m0/s1. The van der Waals surface area contributed by atoms with Gasteiger partial charge in [-0.15, -0.1) is 0 Å². The maximum absolute atomic E-state index is 13.8. The number of nitrogens with one attached hydrogen (secondary N) is 2. The van der Waals surface area contributed by atoms with Crippen LogP contribution in [-0.4, -0.2) is 81.5 Å². The minimum atomic E-state index is -0.322. The Labute approximate surface area is 286 Å². The number of ether oxygens (including phenoxy) is 1. The molecule has 0 spiro atoms. The number of aromatic nitrogens is 3. The number of piperazine rings is 1. The molecule has 1 amide bonds. The molecule has 3 aromatic heterocycles. The van der Waals surface area contributed by atoms with Crippen LogP contribution in [0.2, 0.25) is 0 Å². The number of carbonyl (C=O) groups excluding carboxylic acids is 1. The fourth-order valence-corrected chi connectivity index (χ4v) is 8.20. The van der Waals surface area contributed by atoms with E-state index in [-0.39, 0.29) is 24.7 Å². The first kappa shape index (κ1) is 31.7. The second-order valence-corrected chi connectivity index (χ2v) is 14.0. The third kappa shape index (κ3) is 5.61. The summed E-state index contributed by atoms with van der Waals surface area (Å²) < 4.78 is 6.95. The van der Waals surface area contributed by atoms with Gasteiger partial charge in [-0.1, -0.05) is 5.57 Å². The first-order valence-corrected chi connectivity index (χ1v) is 17.4. The number of rotatable bonds is 7. The molecule has 0 radical (unpaired) electrons. The highest BCUT2D eigenvalue weighted by Gasteiger charge is 2.38. The summed E-state index contributed by atoms with van der Waals surface area (Å²) >= 11 is 0. The quantitative estimate of drug-likeness (QED) is 0.343. The van der Waals surface area contributed by atoms with Crippen molar-refractivity contribution in [2.24, 2.45) is 7.05 Å². The molecule has 0 bridgehead atoms. The van der Waals surface area contributed by atoms with Crippen LogP contribution in [0.4, 0.5) is 23.0 Å². The second kappa shape index (κ2) is 12.7. The van der Waals surface area contributed by atoms with Crippen molar-refractivity contribution in [1.82, 2.24) is 24.8 Å². The zero-order valence-electron chi connectivity index (χ0n) is 28.4. The van der Waals surface area contributed by atoms with E-state index in [9.17, 15) is 14.7 Å². The Morgan fingerprint density at radius 1 is 1.04 bits per heavy atom. The normalized spacial score (nSPS) is 23.0. The summed E-state index contributed by atoms with van der Waals surface area (Å²) in [5, 5.41) is 17.4. The number of nitrogens with zero attached hydrogens (tertiary/aromatic N) is 6. The lowest BCUT2D eigenvalue weighted by atomic mass is 9.93. The molecule has 0 saturated carbocycles. The first-order valence-electron chi connectivity index (χ1n) is 17.4. The zero-order chi connectivity index (χ0) is 33.8. The van der Waals surface area contributed by atoms with Crippen molar-refractivity contribution in [2.75, 3.05) is 48.1 Å². The van der Waals surface area contributed by atoms with Crippen molar-refractivity contribution in [3.8, 4) is 11.1 Å². The lowest BCUT2D eigenvalue weighted by Crippen LogP contribution is -2.63. The topological polar surface area (TPSA) is 128 Å². The molecule has 2 atom stereocenters. The van der Waals surface area contributed by atoms with Crippen LogP contribution in [0, 0.1) is 0 Å². The summed E-state index contributed by atoms with van der Waals surface area (Å²) in [7, 11) is 1.70. The highest BCUT2D eigenvalue weighted by Crippen LogP contribution is 2.43. The molecule has 8 rings (SSSR count). The van der Waals surface area contributed by atoms with E-state index in [1.54, 1.807) is 30.4 Å². The smallest absolute Gasteiger partial charge is 0.274 e. The fraction of sp³-hybridized carbons (Fsp3) is 0.459. The first-order chi connectivity index (χ1) is 23.8. The largest absolute Gasteiger partial charge is 0.392 e. The molecule has 3 aliphatic heterocycles. The fourth-order valence-electron chi connectivity index (χ4n) is 8.20. The molecule has 3 aromatic rings. The number of anilines is 4. The number of carbonyl (C=O) groups is 1. The Morgan fingerprint density at radius 3 is 2.63 bits per heavy atom. The van der Waals surface area contributed by atoms with Crippen molar-refractivity contribution >= 4 is 28.9 Å². The van der Waals surface area contributed by atoms with Gasteiger partial charge in [0, 0.05) is 73.4 Å². The van der Waals surface area contributed by atoms with Crippen LogP contribution in [0.5, 0.6) is 0 Å². The Morgan fingerprint density at radius 2 is 1.88 bits per heavy atom. The number of allylic oxidation sites excluding steroid dienone is 2. The summed E-state index contributed by atoms with van der Waals surface area (Å²) in [5.41, 5.74) is 7.60. The van der Waals surface area contributed by atoms with Crippen LogP contribution < -0.4 is 26.0 Å². The van der Waals surface area contributed by atoms with Gasteiger partial charge in [-0.3, -0.25) is 19.4 Å². The minimum absolute atomic E-state index is 0.0708. The van der Waals surface area contributed by atoms with Gasteiger partial charge in [-0.05, 0) is 74.9 Å². The van der Waals surface area contributed by atoms with E-state index < -0.39 is 0 Å². The van der Waals surface area contributed by atoms with Gasteiger partial charge in [0.2, 0.25) is 0 Å². The van der Waals surface area contributed by atoms with Crippen molar-refractivity contribution in [1.29, 1.82) is 0 Å². The van der Waals surface area contributed by atoms with Crippen LogP contribution in [-0.2, 0) is 23.2 Å². The molecule has 0 unspecified atom stereocenters. The Balaban J connectivity index is 1.03. The number of aryl methyl sites for hydroxylation is 1. The second-order valence-electron chi connectivity index (χ2n) is 14.0. The van der Waals surface area contributed by atoms with Gasteiger partial charge in [-0.25, -0.2) is 9.97 Å². The highest BCUT2D eigenvalue weighted by atomic mass is 16.5. The number of fused-ring (bicyclic) bond motifs is 1. The summed E-state index contributed by atoms with van der Waals surface area (Å²) in [5.74, 6) is 0.905. The third-order valence-electron chi connectivity index (χ3n) is 10.9. The number of amides is 1. The van der Waals surface area contributed by atoms with Gasteiger partial charge in [0.05, 0.1) is 44.4 Å². The number of aliphatic hydroxyl groups is 1. The van der Waals surface area contributed by atoms with Gasteiger partial charge in [-0.2, -0.15) is 0 Å². The molecule has 256 valence electrons. The molecular formula is C37H44N8O4. The zero-order valence-corrected chi connectivity index (χ0v) is 28.4. The average molecular weight is 665 g/mol. The molecular weight excluding hydrogens is 620 g/mol. The van der Waals surface area contributed by atoms with Crippen LogP contribution in [0.15, 0.2) is 70.1 Å². The van der Waals surface area contributed by atoms with Crippen LogP contribution in [0.3, 0.4) is 0 Å². The van der Waals surface area contributed by atoms with Gasteiger partial charge < -0.3 is 29.9 Å². The molecule has 3 N–H and O–H groups in total. The van der Waals surface area contributed by atoms with E-state index in [0.29, 0.717) is 58.6 Å². The molecule has 6 heterocycles. The lowest BCUT2D eigenvalue weighted by molar-refractivity contribution is -0.115. The van der Waals surface area contributed by atoms with E-state index in [2.05, 4.69) is 45.3 Å². The van der Waals surface area contributed by atoms with Crippen molar-refractivity contribution < 1.29 is 14.6 Å². The maximum Gasteiger partial charge on any atom is 0.274 e. The van der Waals surface area contributed by atoms with E-state index in [1.165, 1.54) is 22.1 Å². The molecule has 2 fully saturated rings. The van der Waals surface area contributed by atoms with E-state index in [4.69, 9.17) is 9.72 Å². The summed E-state index contributed by atoms with van der Waals surface area (Å²) in [6, 6.07) is 8.80. The molecule has 12 heteroatoms.